The molecule has 0 spiro atoms. The van der Waals surface area contributed by atoms with Crippen LogP contribution < -0.4 is 15.2 Å². The maximum absolute atomic E-state index is 13.3. The number of hydrogen-bond acceptors (Lipinski definition) is 4. The lowest BCUT2D eigenvalue weighted by atomic mass is 10.2. The molecule has 0 saturated heterocycles. The maximum Gasteiger partial charge on any atom is 0.387 e. The van der Waals surface area contributed by atoms with E-state index in [1.165, 1.54) is 11.3 Å². The van der Waals surface area contributed by atoms with Gasteiger partial charge >= 0.3 is 6.61 Å². The summed E-state index contributed by atoms with van der Waals surface area (Å²) in [5, 5.41) is 1.87. The Kier molecular flexibility index (Phi) is 4.16. The van der Waals surface area contributed by atoms with Crippen LogP contribution in [0.1, 0.15) is 4.88 Å². The van der Waals surface area contributed by atoms with Crippen molar-refractivity contribution in [3.63, 3.8) is 0 Å². The van der Waals surface area contributed by atoms with Crippen molar-refractivity contribution in [2.45, 2.75) is 13.2 Å². The third-order valence-electron chi connectivity index (χ3n) is 2.23. The van der Waals surface area contributed by atoms with Crippen molar-refractivity contribution >= 4 is 17.0 Å². The number of hydrogen-bond donors (Lipinski definition) is 1. The van der Waals surface area contributed by atoms with Gasteiger partial charge in [0.1, 0.15) is 12.4 Å². The molecule has 19 heavy (non-hydrogen) atoms. The minimum absolute atomic E-state index is 0.0238. The van der Waals surface area contributed by atoms with Crippen LogP contribution in [0.5, 0.6) is 11.5 Å². The Labute approximate surface area is 111 Å². The molecule has 0 atom stereocenters. The first kappa shape index (κ1) is 13.5. The number of ether oxygens (including phenoxy) is 2. The Morgan fingerprint density at radius 1 is 1.26 bits per heavy atom. The van der Waals surface area contributed by atoms with E-state index in [2.05, 4.69) is 4.74 Å². The van der Waals surface area contributed by atoms with Crippen LogP contribution in [-0.2, 0) is 6.61 Å². The molecule has 1 aromatic heterocycles. The Balaban J connectivity index is 2.15. The summed E-state index contributed by atoms with van der Waals surface area (Å²) < 4.78 is 46.9. The zero-order valence-electron chi connectivity index (χ0n) is 9.61. The minimum Gasteiger partial charge on any atom is -0.486 e. The monoisotopic (exact) mass is 289 g/mol. The number of nitrogens with two attached hydrogens (primary N) is 1. The Morgan fingerprint density at radius 3 is 2.68 bits per heavy atom. The first-order chi connectivity index (χ1) is 9.06. The van der Waals surface area contributed by atoms with Crippen LogP contribution in [0.3, 0.4) is 0 Å². The van der Waals surface area contributed by atoms with E-state index in [0.717, 1.165) is 17.0 Å². The highest BCUT2D eigenvalue weighted by atomic mass is 32.1. The van der Waals surface area contributed by atoms with E-state index in [1.807, 2.05) is 17.5 Å². The highest BCUT2D eigenvalue weighted by Crippen LogP contribution is 2.31. The highest BCUT2D eigenvalue weighted by molar-refractivity contribution is 7.09. The molecule has 0 radical (unpaired) electrons. The van der Waals surface area contributed by atoms with Gasteiger partial charge < -0.3 is 15.2 Å². The molecule has 102 valence electrons. The zero-order chi connectivity index (χ0) is 13.8. The van der Waals surface area contributed by atoms with Gasteiger partial charge in [-0.1, -0.05) is 6.07 Å². The van der Waals surface area contributed by atoms with Crippen molar-refractivity contribution in [2.75, 3.05) is 5.73 Å². The van der Waals surface area contributed by atoms with Crippen LogP contribution >= 0.6 is 11.3 Å². The molecule has 0 unspecified atom stereocenters. The molecule has 0 aliphatic carbocycles. The molecule has 0 saturated carbocycles. The molecule has 2 aromatic rings. The van der Waals surface area contributed by atoms with E-state index in [9.17, 15) is 13.2 Å². The Morgan fingerprint density at radius 2 is 2.05 bits per heavy atom. The molecule has 2 N–H and O–H groups in total. The fraction of sp³-hybridized carbons (Fsp3) is 0.167. The van der Waals surface area contributed by atoms with Gasteiger partial charge in [-0.3, -0.25) is 0 Å². The molecule has 0 amide bonds. The van der Waals surface area contributed by atoms with Crippen molar-refractivity contribution in [1.82, 2.24) is 0 Å². The van der Waals surface area contributed by atoms with Crippen LogP contribution in [0.25, 0.3) is 0 Å². The van der Waals surface area contributed by atoms with Gasteiger partial charge in [0, 0.05) is 17.0 Å². The molecular formula is C12H10F3NO2S. The molecule has 1 heterocycles. The highest BCUT2D eigenvalue weighted by Gasteiger charge is 2.14. The van der Waals surface area contributed by atoms with Gasteiger partial charge in [-0.15, -0.1) is 11.3 Å². The van der Waals surface area contributed by atoms with Crippen molar-refractivity contribution in [3.05, 3.63) is 40.3 Å². The zero-order valence-corrected chi connectivity index (χ0v) is 10.4. The SMILES string of the molecule is Nc1cc(F)c(OC(F)F)cc1OCc1cccs1. The number of alkyl halides is 2. The van der Waals surface area contributed by atoms with Gasteiger partial charge in [0.25, 0.3) is 0 Å². The third kappa shape index (κ3) is 3.54. The summed E-state index contributed by atoms with van der Waals surface area (Å²) in [6, 6.07) is 5.61. The predicted octanol–water partition coefficient (Wildman–Crippen LogP) is 3.65. The molecule has 3 nitrogen and oxygen atoms in total. The number of rotatable bonds is 5. The topological polar surface area (TPSA) is 44.5 Å². The van der Waals surface area contributed by atoms with Crippen molar-refractivity contribution < 1.29 is 22.6 Å². The van der Waals surface area contributed by atoms with E-state index in [4.69, 9.17) is 10.5 Å². The molecule has 7 heteroatoms. The second-order valence-corrected chi connectivity index (χ2v) is 4.60. The number of halogens is 3. The third-order valence-corrected chi connectivity index (χ3v) is 3.08. The summed E-state index contributed by atoms with van der Waals surface area (Å²) in [6.07, 6.45) is 0. The average Bonchev–Trinajstić information content (AvgIpc) is 2.83. The number of benzene rings is 1. The average molecular weight is 289 g/mol. The largest absolute Gasteiger partial charge is 0.486 e. The van der Waals surface area contributed by atoms with Crippen molar-refractivity contribution in [3.8, 4) is 11.5 Å². The van der Waals surface area contributed by atoms with Crippen molar-refractivity contribution in [1.29, 1.82) is 0 Å². The summed E-state index contributed by atoms with van der Waals surface area (Å²) in [7, 11) is 0. The number of anilines is 1. The molecule has 0 aliphatic heterocycles. The number of nitrogen functional groups attached to an aromatic ring is 1. The summed E-state index contributed by atoms with van der Waals surface area (Å²) in [6.45, 7) is -2.88. The molecular weight excluding hydrogens is 279 g/mol. The minimum atomic E-state index is -3.11. The fourth-order valence-corrected chi connectivity index (χ4v) is 2.02. The van der Waals surface area contributed by atoms with Gasteiger partial charge in [0.2, 0.25) is 0 Å². The van der Waals surface area contributed by atoms with Gasteiger partial charge in [-0.2, -0.15) is 8.78 Å². The smallest absolute Gasteiger partial charge is 0.387 e. The lowest BCUT2D eigenvalue weighted by molar-refractivity contribution is -0.0522. The first-order valence-electron chi connectivity index (χ1n) is 5.25. The number of thiophene rings is 1. The predicted molar refractivity (Wildman–Crippen MR) is 66.1 cm³/mol. The van der Waals surface area contributed by atoms with Gasteiger partial charge in [0.15, 0.2) is 11.6 Å². The standard InChI is InChI=1S/C12H10F3NO2S/c13-8-4-9(16)11(5-10(8)18-12(14)15)17-6-7-2-1-3-19-7/h1-5,12H,6,16H2. The molecule has 0 aliphatic rings. The van der Waals surface area contributed by atoms with Crippen LogP contribution in [0.15, 0.2) is 29.6 Å². The molecule has 1 aromatic carbocycles. The Hall–Kier alpha value is -1.89. The fourth-order valence-electron chi connectivity index (χ4n) is 1.41. The summed E-state index contributed by atoms with van der Waals surface area (Å²) in [5.41, 5.74) is 5.58. The second kappa shape index (κ2) is 5.83. The van der Waals surface area contributed by atoms with E-state index < -0.39 is 18.2 Å². The molecule has 0 bridgehead atoms. The second-order valence-electron chi connectivity index (χ2n) is 3.57. The lowest BCUT2D eigenvalue weighted by Gasteiger charge is -2.11. The van der Waals surface area contributed by atoms with Crippen LogP contribution in [0, 0.1) is 5.82 Å². The first-order valence-corrected chi connectivity index (χ1v) is 6.13. The summed E-state index contributed by atoms with van der Waals surface area (Å²) in [5.74, 6) is -1.45. The van der Waals surface area contributed by atoms with E-state index in [0.29, 0.717) is 0 Å². The molecule has 2 rings (SSSR count). The quantitative estimate of drug-likeness (QED) is 0.854. The Bertz CT molecular complexity index is 546. The van der Waals surface area contributed by atoms with Gasteiger partial charge in [-0.05, 0) is 11.4 Å². The van der Waals surface area contributed by atoms with E-state index in [-0.39, 0.29) is 18.0 Å². The molecule has 0 fully saturated rings. The van der Waals surface area contributed by atoms with Crippen molar-refractivity contribution in [2.24, 2.45) is 0 Å². The van der Waals surface area contributed by atoms with E-state index in [1.54, 1.807) is 0 Å². The summed E-state index contributed by atoms with van der Waals surface area (Å²) in [4.78, 5) is 0.931. The van der Waals surface area contributed by atoms with Crippen LogP contribution in [-0.4, -0.2) is 6.61 Å². The van der Waals surface area contributed by atoms with Crippen LogP contribution in [0.4, 0.5) is 18.9 Å². The summed E-state index contributed by atoms with van der Waals surface area (Å²) >= 11 is 1.47. The van der Waals surface area contributed by atoms with E-state index >= 15 is 0 Å². The maximum atomic E-state index is 13.3. The normalized spacial score (nSPS) is 10.7. The van der Waals surface area contributed by atoms with Gasteiger partial charge in [0.05, 0.1) is 5.69 Å². The van der Waals surface area contributed by atoms with Gasteiger partial charge in [-0.25, -0.2) is 4.39 Å². The lowest BCUT2D eigenvalue weighted by Crippen LogP contribution is -2.05. The van der Waals surface area contributed by atoms with Crippen LogP contribution in [0.2, 0.25) is 0 Å².